The lowest BCUT2D eigenvalue weighted by atomic mass is 10.1. The van der Waals surface area contributed by atoms with Crippen molar-refractivity contribution in [3.8, 4) is 0 Å². The zero-order chi connectivity index (χ0) is 11.0. The second-order valence-electron chi connectivity index (χ2n) is 4.39. The molecule has 1 aliphatic heterocycles. The van der Waals surface area contributed by atoms with Crippen LogP contribution in [0.5, 0.6) is 0 Å². The average molecular weight is 212 g/mol. The maximum absolute atomic E-state index is 11.9. The third-order valence-corrected chi connectivity index (χ3v) is 3.20. The number of hydrogen-bond acceptors (Lipinski definition) is 2. The van der Waals surface area contributed by atoms with Crippen molar-refractivity contribution in [2.75, 3.05) is 20.1 Å². The molecule has 0 aromatic heterocycles. The molecule has 5 nitrogen and oxygen atoms in total. The van der Waals surface area contributed by atoms with Gasteiger partial charge in [-0.15, -0.1) is 0 Å². The molecule has 1 atom stereocenters. The Morgan fingerprint density at radius 3 is 2.47 bits per heavy atom. The quantitative estimate of drug-likeness (QED) is 0.729. The molecule has 2 amide bonds. The van der Waals surface area contributed by atoms with Gasteiger partial charge in [0.1, 0.15) is 0 Å². The van der Waals surface area contributed by atoms with Gasteiger partial charge in [0.2, 0.25) is 0 Å². The second-order valence-corrected chi connectivity index (χ2v) is 4.39. The van der Waals surface area contributed by atoms with E-state index in [9.17, 15) is 9.59 Å². The van der Waals surface area contributed by atoms with Crippen molar-refractivity contribution in [2.45, 2.75) is 25.3 Å². The minimum absolute atomic E-state index is 0.0127. The fourth-order valence-corrected chi connectivity index (χ4v) is 1.98. The van der Waals surface area contributed by atoms with Crippen LogP contribution in [0.2, 0.25) is 0 Å². The molecule has 15 heavy (non-hydrogen) atoms. The lowest BCUT2D eigenvalue weighted by molar-refractivity contribution is -0.141. The van der Waals surface area contributed by atoms with Gasteiger partial charge in [-0.1, -0.05) is 0 Å². The van der Waals surface area contributed by atoms with E-state index in [1.807, 2.05) is 0 Å². The molecule has 5 heteroatoms. The van der Waals surface area contributed by atoms with E-state index in [-0.39, 0.29) is 11.9 Å². The highest BCUT2D eigenvalue weighted by Gasteiger charge is 2.36. The van der Waals surface area contributed by atoms with Crippen molar-refractivity contribution in [1.29, 1.82) is 0 Å². The highest BCUT2D eigenvalue weighted by atomic mass is 16.4. The summed E-state index contributed by atoms with van der Waals surface area (Å²) in [6.07, 6.45) is 2.75. The first kappa shape index (κ1) is 10.3. The molecule has 1 saturated heterocycles. The normalized spacial score (nSPS) is 25.4. The number of carbonyl (C=O) groups excluding carboxylic acids is 1. The summed E-state index contributed by atoms with van der Waals surface area (Å²) in [5.74, 6) is -1.17. The Morgan fingerprint density at radius 2 is 2.00 bits per heavy atom. The summed E-state index contributed by atoms with van der Waals surface area (Å²) in [4.78, 5) is 26.0. The number of rotatable bonds is 2. The van der Waals surface area contributed by atoms with Crippen molar-refractivity contribution in [1.82, 2.24) is 9.80 Å². The number of likely N-dealkylation sites (tertiary alicyclic amines) is 1. The molecule has 1 saturated carbocycles. The Kier molecular flexibility index (Phi) is 2.54. The minimum atomic E-state index is -0.792. The van der Waals surface area contributed by atoms with Crippen LogP contribution < -0.4 is 0 Å². The third kappa shape index (κ3) is 2.06. The smallest absolute Gasteiger partial charge is 0.320 e. The van der Waals surface area contributed by atoms with Gasteiger partial charge in [-0.25, -0.2) is 4.79 Å². The molecule has 0 bridgehead atoms. The monoisotopic (exact) mass is 212 g/mol. The van der Waals surface area contributed by atoms with E-state index < -0.39 is 5.97 Å². The van der Waals surface area contributed by atoms with Gasteiger partial charge in [-0.2, -0.15) is 0 Å². The first-order chi connectivity index (χ1) is 7.09. The van der Waals surface area contributed by atoms with Crippen molar-refractivity contribution in [3.63, 3.8) is 0 Å². The van der Waals surface area contributed by atoms with Crippen molar-refractivity contribution < 1.29 is 14.7 Å². The molecule has 84 valence electrons. The molecule has 2 rings (SSSR count). The fraction of sp³-hybridized carbons (Fsp3) is 0.800. The number of urea groups is 1. The molecule has 1 N–H and O–H groups in total. The van der Waals surface area contributed by atoms with Crippen LogP contribution in [-0.4, -0.2) is 53.1 Å². The molecular formula is C10H16N2O3. The molecule has 0 spiro atoms. The largest absolute Gasteiger partial charge is 0.481 e. The molecule has 2 fully saturated rings. The average Bonchev–Trinajstić information content (AvgIpc) is 2.93. The van der Waals surface area contributed by atoms with E-state index in [0.717, 1.165) is 12.8 Å². The van der Waals surface area contributed by atoms with Gasteiger partial charge in [-0.05, 0) is 19.3 Å². The number of carbonyl (C=O) groups is 2. The number of carboxylic acid groups (broad SMARTS) is 1. The van der Waals surface area contributed by atoms with E-state index in [0.29, 0.717) is 25.6 Å². The highest BCUT2D eigenvalue weighted by molar-refractivity contribution is 5.77. The lowest BCUT2D eigenvalue weighted by Gasteiger charge is -2.24. The van der Waals surface area contributed by atoms with Gasteiger partial charge in [0.05, 0.1) is 5.92 Å². The Hall–Kier alpha value is -1.26. The molecule has 0 radical (unpaired) electrons. The summed E-state index contributed by atoms with van der Waals surface area (Å²) in [6.45, 7) is 0.943. The predicted molar refractivity (Wildman–Crippen MR) is 53.5 cm³/mol. The van der Waals surface area contributed by atoms with Crippen molar-refractivity contribution >= 4 is 12.0 Å². The van der Waals surface area contributed by atoms with Crippen LogP contribution in [0.1, 0.15) is 19.3 Å². The Balaban J connectivity index is 1.89. The minimum Gasteiger partial charge on any atom is -0.481 e. The lowest BCUT2D eigenvalue weighted by Crippen LogP contribution is -2.41. The Labute approximate surface area is 88.6 Å². The molecular weight excluding hydrogens is 196 g/mol. The summed E-state index contributed by atoms with van der Waals surface area (Å²) < 4.78 is 0. The maximum atomic E-state index is 11.9. The number of aliphatic carboxylic acids is 1. The molecule has 1 aliphatic carbocycles. The molecule has 0 aromatic rings. The Morgan fingerprint density at radius 1 is 1.33 bits per heavy atom. The van der Waals surface area contributed by atoms with Gasteiger partial charge in [0.15, 0.2) is 0 Å². The van der Waals surface area contributed by atoms with Crippen molar-refractivity contribution in [3.05, 3.63) is 0 Å². The number of hydrogen-bond donors (Lipinski definition) is 1. The van der Waals surface area contributed by atoms with E-state index >= 15 is 0 Å². The van der Waals surface area contributed by atoms with Gasteiger partial charge in [-0.3, -0.25) is 4.79 Å². The predicted octanol–water partition coefficient (Wildman–Crippen LogP) is 0.607. The SMILES string of the molecule is CN(C(=O)N1CCC(C(=O)O)C1)C1CC1. The first-order valence-corrected chi connectivity index (χ1v) is 5.34. The summed E-state index contributed by atoms with van der Waals surface area (Å²) in [5.41, 5.74) is 0. The third-order valence-electron chi connectivity index (χ3n) is 3.20. The molecule has 1 unspecified atom stereocenters. The van der Waals surface area contributed by atoms with Gasteiger partial charge in [0.25, 0.3) is 0 Å². The van der Waals surface area contributed by atoms with Gasteiger partial charge < -0.3 is 14.9 Å². The van der Waals surface area contributed by atoms with Crippen LogP contribution >= 0.6 is 0 Å². The van der Waals surface area contributed by atoms with Crippen LogP contribution in [0.25, 0.3) is 0 Å². The second kappa shape index (κ2) is 3.72. The Bertz CT molecular complexity index is 288. The van der Waals surface area contributed by atoms with E-state index in [2.05, 4.69) is 0 Å². The van der Waals surface area contributed by atoms with Crippen molar-refractivity contribution in [2.24, 2.45) is 5.92 Å². The molecule has 2 aliphatic rings. The zero-order valence-electron chi connectivity index (χ0n) is 8.85. The van der Waals surface area contributed by atoms with Crippen LogP contribution in [0.15, 0.2) is 0 Å². The van der Waals surface area contributed by atoms with Crippen LogP contribution in [-0.2, 0) is 4.79 Å². The zero-order valence-corrected chi connectivity index (χ0v) is 8.85. The molecule has 1 heterocycles. The highest BCUT2D eigenvalue weighted by Crippen LogP contribution is 2.27. The van der Waals surface area contributed by atoms with E-state index in [1.54, 1.807) is 16.8 Å². The topological polar surface area (TPSA) is 60.9 Å². The first-order valence-electron chi connectivity index (χ1n) is 5.34. The summed E-state index contributed by atoms with van der Waals surface area (Å²) in [7, 11) is 1.80. The van der Waals surface area contributed by atoms with Crippen LogP contribution in [0.4, 0.5) is 4.79 Å². The summed E-state index contributed by atoms with van der Waals surface area (Å²) in [6, 6.07) is 0.377. The van der Waals surface area contributed by atoms with E-state index in [4.69, 9.17) is 5.11 Å². The number of nitrogens with zero attached hydrogens (tertiary/aromatic N) is 2. The van der Waals surface area contributed by atoms with E-state index in [1.165, 1.54) is 0 Å². The number of amides is 2. The fourth-order valence-electron chi connectivity index (χ4n) is 1.98. The number of carboxylic acids is 1. The van der Waals surface area contributed by atoms with Crippen LogP contribution in [0.3, 0.4) is 0 Å². The summed E-state index contributed by atoms with van der Waals surface area (Å²) >= 11 is 0. The standard InChI is InChI=1S/C10H16N2O3/c1-11(8-2-3-8)10(15)12-5-4-7(6-12)9(13)14/h7-8H,2-6H2,1H3,(H,13,14). The summed E-state index contributed by atoms with van der Waals surface area (Å²) in [5, 5.41) is 8.82. The van der Waals surface area contributed by atoms with Gasteiger partial charge in [0, 0.05) is 26.2 Å². The maximum Gasteiger partial charge on any atom is 0.320 e. The van der Waals surface area contributed by atoms with Crippen LogP contribution in [0, 0.1) is 5.92 Å². The van der Waals surface area contributed by atoms with Gasteiger partial charge >= 0.3 is 12.0 Å². The molecule has 0 aromatic carbocycles.